The van der Waals surface area contributed by atoms with Crippen LogP contribution in [0, 0.1) is 11.8 Å². The normalized spacial score (nSPS) is 14.2. The molecule has 16 heavy (non-hydrogen) atoms. The molecule has 0 bridgehead atoms. The fourth-order valence-electron chi connectivity index (χ4n) is 1.15. The van der Waals surface area contributed by atoms with E-state index in [2.05, 4.69) is 55.4 Å². The highest BCUT2D eigenvalue weighted by Crippen LogP contribution is 2.27. The SMILES string of the molecule is CC(OC(C)(C)C(C)C)OC(C)(C)C(C)C. The van der Waals surface area contributed by atoms with Gasteiger partial charge < -0.3 is 9.47 Å². The zero-order chi connectivity index (χ0) is 13.1. The van der Waals surface area contributed by atoms with Crippen molar-refractivity contribution in [2.45, 2.75) is 79.8 Å². The molecule has 0 unspecified atom stereocenters. The molecule has 0 amide bonds. The first-order chi connectivity index (χ1) is 6.99. The van der Waals surface area contributed by atoms with Gasteiger partial charge in [-0.25, -0.2) is 0 Å². The van der Waals surface area contributed by atoms with E-state index in [9.17, 15) is 0 Å². The van der Waals surface area contributed by atoms with E-state index in [0.29, 0.717) is 11.8 Å². The standard InChI is InChI=1S/C14H30O2/c1-10(2)13(6,7)15-12(5)16-14(8,9)11(3)4/h10-12H,1-9H3. The van der Waals surface area contributed by atoms with Crippen molar-refractivity contribution < 1.29 is 9.47 Å². The van der Waals surface area contributed by atoms with Crippen LogP contribution in [0.15, 0.2) is 0 Å². The first-order valence-corrected chi connectivity index (χ1v) is 6.34. The fraction of sp³-hybridized carbons (Fsp3) is 1.00. The molecule has 0 aliphatic rings. The summed E-state index contributed by atoms with van der Waals surface area (Å²) < 4.78 is 11.9. The lowest BCUT2D eigenvalue weighted by atomic mass is 9.94. The number of hydrogen-bond acceptors (Lipinski definition) is 2. The van der Waals surface area contributed by atoms with Crippen molar-refractivity contribution in [2.24, 2.45) is 11.8 Å². The molecular weight excluding hydrogens is 200 g/mol. The van der Waals surface area contributed by atoms with Gasteiger partial charge in [0.1, 0.15) is 0 Å². The average molecular weight is 230 g/mol. The molecule has 0 atom stereocenters. The van der Waals surface area contributed by atoms with Gasteiger partial charge in [0.2, 0.25) is 0 Å². The highest BCUT2D eigenvalue weighted by molar-refractivity contribution is 4.76. The summed E-state index contributed by atoms with van der Waals surface area (Å²) >= 11 is 0. The van der Waals surface area contributed by atoms with Gasteiger partial charge in [0.15, 0.2) is 6.29 Å². The maximum atomic E-state index is 5.96. The Bertz CT molecular complexity index is 183. The van der Waals surface area contributed by atoms with E-state index in [1.807, 2.05) is 6.92 Å². The Morgan fingerprint density at radius 3 is 1.06 bits per heavy atom. The molecule has 0 N–H and O–H groups in total. The van der Waals surface area contributed by atoms with Gasteiger partial charge in [0.25, 0.3) is 0 Å². The molecule has 0 fully saturated rings. The second-order valence-electron chi connectivity index (χ2n) is 6.32. The molecule has 0 aromatic rings. The predicted molar refractivity (Wildman–Crippen MR) is 69.5 cm³/mol. The topological polar surface area (TPSA) is 18.5 Å². The Morgan fingerprint density at radius 2 is 0.875 bits per heavy atom. The lowest BCUT2D eigenvalue weighted by Crippen LogP contribution is -2.41. The zero-order valence-electron chi connectivity index (χ0n) is 12.5. The largest absolute Gasteiger partial charge is 0.347 e. The molecule has 2 heteroatoms. The highest BCUT2D eigenvalue weighted by Gasteiger charge is 2.30. The van der Waals surface area contributed by atoms with Gasteiger partial charge in [0.05, 0.1) is 11.2 Å². The molecule has 0 rings (SSSR count). The van der Waals surface area contributed by atoms with Crippen LogP contribution in [0.3, 0.4) is 0 Å². The van der Waals surface area contributed by atoms with Gasteiger partial charge in [-0.1, -0.05) is 27.7 Å². The van der Waals surface area contributed by atoms with E-state index in [-0.39, 0.29) is 17.5 Å². The molecule has 0 spiro atoms. The molecule has 0 aromatic heterocycles. The third kappa shape index (κ3) is 4.84. The molecule has 0 heterocycles. The number of ether oxygens (including phenoxy) is 2. The number of hydrogen-bond donors (Lipinski definition) is 0. The average Bonchev–Trinajstić information content (AvgIpc) is 2.00. The van der Waals surface area contributed by atoms with Crippen LogP contribution in [-0.4, -0.2) is 17.5 Å². The van der Waals surface area contributed by atoms with Crippen LogP contribution in [-0.2, 0) is 9.47 Å². The summed E-state index contributed by atoms with van der Waals surface area (Å²) in [4.78, 5) is 0. The molecule has 0 aromatic carbocycles. The molecule has 98 valence electrons. The molecule has 0 saturated heterocycles. The minimum Gasteiger partial charge on any atom is -0.347 e. The van der Waals surface area contributed by atoms with Crippen molar-refractivity contribution in [1.82, 2.24) is 0 Å². The minimum atomic E-state index is -0.171. The van der Waals surface area contributed by atoms with Gasteiger partial charge in [-0.2, -0.15) is 0 Å². The van der Waals surface area contributed by atoms with Gasteiger partial charge >= 0.3 is 0 Å². The van der Waals surface area contributed by atoms with Gasteiger partial charge in [-0.05, 0) is 46.5 Å². The Kier molecular flexibility index (Phi) is 5.48. The molecular formula is C14H30O2. The maximum absolute atomic E-state index is 5.96. The smallest absolute Gasteiger partial charge is 0.156 e. The Hall–Kier alpha value is -0.0800. The van der Waals surface area contributed by atoms with Crippen molar-refractivity contribution in [2.75, 3.05) is 0 Å². The van der Waals surface area contributed by atoms with Crippen LogP contribution in [0.4, 0.5) is 0 Å². The summed E-state index contributed by atoms with van der Waals surface area (Å²) in [6.45, 7) is 19.1. The first-order valence-electron chi connectivity index (χ1n) is 6.34. The summed E-state index contributed by atoms with van der Waals surface area (Å²) in [7, 11) is 0. The fourth-order valence-corrected chi connectivity index (χ4v) is 1.15. The molecule has 0 aliphatic carbocycles. The van der Waals surface area contributed by atoms with Crippen molar-refractivity contribution in [3.63, 3.8) is 0 Å². The Labute approximate surface area is 102 Å². The summed E-state index contributed by atoms with van der Waals surface area (Å²) in [6.07, 6.45) is -0.171. The molecule has 0 aliphatic heterocycles. The van der Waals surface area contributed by atoms with Gasteiger partial charge in [-0.15, -0.1) is 0 Å². The number of rotatable bonds is 6. The quantitative estimate of drug-likeness (QED) is 0.636. The Morgan fingerprint density at radius 1 is 0.625 bits per heavy atom. The molecule has 0 radical (unpaired) electrons. The van der Waals surface area contributed by atoms with Crippen LogP contribution in [0.1, 0.15) is 62.3 Å². The van der Waals surface area contributed by atoms with Gasteiger partial charge in [0, 0.05) is 0 Å². The summed E-state index contributed by atoms with van der Waals surface area (Å²) in [6, 6.07) is 0. The first kappa shape index (κ1) is 15.9. The Balaban J connectivity index is 4.34. The monoisotopic (exact) mass is 230 g/mol. The van der Waals surface area contributed by atoms with E-state index in [0.717, 1.165) is 0 Å². The predicted octanol–water partition coefficient (Wildman–Crippen LogP) is 4.23. The van der Waals surface area contributed by atoms with E-state index in [4.69, 9.17) is 9.47 Å². The summed E-state index contributed by atoms with van der Waals surface area (Å²) in [5, 5.41) is 0. The second kappa shape index (κ2) is 5.50. The van der Waals surface area contributed by atoms with Crippen LogP contribution in [0.5, 0.6) is 0 Å². The van der Waals surface area contributed by atoms with Gasteiger partial charge in [-0.3, -0.25) is 0 Å². The van der Waals surface area contributed by atoms with E-state index in [1.54, 1.807) is 0 Å². The van der Waals surface area contributed by atoms with Crippen LogP contribution >= 0.6 is 0 Å². The van der Waals surface area contributed by atoms with Crippen LogP contribution < -0.4 is 0 Å². The lowest BCUT2D eigenvalue weighted by molar-refractivity contribution is -0.250. The van der Waals surface area contributed by atoms with Crippen molar-refractivity contribution >= 4 is 0 Å². The van der Waals surface area contributed by atoms with Crippen LogP contribution in [0.2, 0.25) is 0 Å². The van der Waals surface area contributed by atoms with Crippen molar-refractivity contribution in [3.05, 3.63) is 0 Å². The minimum absolute atomic E-state index is 0.146. The zero-order valence-corrected chi connectivity index (χ0v) is 12.5. The maximum Gasteiger partial charge on any atom is 0.156 e. The van der Waals surface area contributed by atoms with Crippen LogP contribution in [0.25, 0.3) is 0 Å². The highest BCUT2D eigenvalue weighted by atomic mass is 16.7. The van der Waals surface area contributed by atoms with E-state index >= 15 is 0 Å². The molecule has 2 nitrogen and oxygen atoms in total. The lowest BCUT2D eigenvalue weighted by Gasteiger charge is -2.38. The summed E-state index contributed by atoms with van der Waals surface area (Å²) in [5.74, 6) is 0.946. The van der Waals surface area contributed by atoms with E-state index in [1.165, 1.54) is 0 Å². The third-order valence-corrected chi connectivity index (χ3v) is 3.72. The van der Waals surface area contributed by atoms with Crippen molar-refractivity contribution in [3.8, 4) is 0 Å². The van der Waals surface area contributed by atoms with Crippen molar-refractivity contribution in [1.29, 1.82) is 0 Å². The third-order valence-electron chi connectivity index (χ3n) is 3.72. The second-order valence-corrected chi connectivity index (χ2v) is 6.32. The molecule has 0 saturated carbocycles. The summed E-state index contributed by atoms with van der Waals surface area (Å²) in [5.41, 5.74) is -0.293. The van der Waals surface area contributed by atoms with E-state index < -0.39 is 0 Å².